The van der Waals surface area contributed by atoms with Crippen LogP contribution in [-0.2, 0) is 9.59 Å². The van der Waals surface area contributed by atoms with Crippen LogP contribution < -0.4 is 5.32 Å². The Kier molecular flexibility index (Phi) is 5.02. The van der Waals surface area contributed by atoms with Gasteiger partial charge in [0.25, 0.3) is 0 Å². The smallest absolute Gasteiger partial charge is 0.310 e. The minimum absolute atomic E-state index is 0.106. The lowest BCUT2D eigenvalue weighted by atomic mass is 9.76. The number of hydrogen-bond acceptors (Lipinski definition) is 3. The van der Waals surface area contributed by atoms with Gasteiger partial charge < -0.3 is 15.3 Å². The number of nitrogens with one attached hydrogen (secondary N) is 1. The number of carboxylic acid groups (broad SMARTS) is 1. The topological polar surface area (TPSA) is 69.6 Å². The zero-order chi connectivity index (χ0) is 14.6. The van der Waals surface area contributed by atoms with Crippen molar-refractivity contribution in [2.75, 3.05) is 19.6 Å². The molecule has 1 aliphatic carbocycles. The zero-order valence-electron chi connectivity index (χ0n) is 12.4. The van der Waals surface area contributed by atoms with E-state index in [2.05, 4.69) is 10.2 Å². The highest BCUT2D eigenvalue weighted by molar-refractivity contribution is 5.77. The zero-order valence-corrected chi connectivity index (χ0v) is 12.4. The van der Waals surface area contributed by atoms with Gasteiger partial charge in [-0.2, -0.15) is 0 Å². The summed E-state index contributed by atoms with van der Waals surface area (Å²) < 4.78 is 0. The van der Waals surface area contributed by atoms with Crippen LogP contribution in [0.1, 0.15) is 51.9 Å². The minimum Gasteiger partial charge on any atom is -0.481 e. The van der Waals surface area contributed by atoms with Crippen LogP contribution in [0.25, 0.3) is 0 Å². The average Bonchev–Trinajstić information content (AvgIpc) is 3.21. The summed E-state index contributed by atoms with van der Waals surface area (Å²) in [5.41, 5.74) is -0.597. The van der Waals surface area contributed by atoms with Crippen LogP contribution in [0.15, 0.2) is 0 Å². The third-order valence-corrected chi connectivity index (χ3v) is 4.44. The number of likely N-dealkylation sites (tertiary alicyclic amines) is 1. The van der Waals surface area contributed by atoms with Gasteiger partial charge in [-0.15, -0.1) is 0 Å². The Balaban J connectivity index is 1.82. The molecule has 1 saturated carbocycles. The lowest BCUT2D eigenvalue weighted by Gasteiger charge is -2.39. The van der Waals surface area contributed by atoms with E-state index < -0.39 is 11.4 Å². The fraction of sp³-hybridized carbons (Fsp3) is 0.867. The van der Waals surface area contributed by atoms with E-state index in [1.54, 1.807) is 0 Å². The van der Waals surface area contributed by atoms with Crippen molar-refractivity contribution in [1.29, 1.82) is 0 Å². The fourth-order valence-electron chi connectivity index (χ4n) is 3.17. The molecule has 1 aliphatic heterocycles. The number of carbonyl (C=O) groups is 2. The SMILES string of the molecule is CCCC1(C(=O)O)CCCN(CCC(=O)NC2CC2)C1. The van der Waals surface area contributed by atoms with E-state index in [1.807, 2.05) is 6.92 Å². The molecule has 2 aliphatic rings. The summed E-state index contributed by atoms with van der Waals surface area (Å²) in [5.74, 6) is -0.569. The van der Waals surface area contributed by atoms with Crippen LogP contribution in [0.4, 0.5) is 0 Å². The van der Waals surface area contributed by atoms with Crippen molar-refractivity contribution in [2.45, 2.75) is 57.9 Å². The van der Waals surface area contributed by atoms with Gasteiger partial charge in [-0.05, 0) is 38.6 Å². The molecule has 0 spiro atoms. The number of rotatable bonds is 7. The number of amides is 1. The van der Waals surface area contributed by atoms with Crippen LogP contribution in [0.2, 0.25) is 0 Å². The van der Waals surface area contributed by atoms with Crippen molar-refractivity contribution in [3.63, 3.8) is 0 Å². The summed E-state index contributed by atoms with van der Waals surface area (Å²) in [4.78, 5) is 25.5. The first-order chi connectivity index (χ1) is 9.55. The van der Waals surface area contributed by atoms with Crippen molar-refractivity contribution >= 4 is 11.9 Å². The van der Waals surface area contributed by atoms with Gasteiger partial charge in [-0.25, -0.2) is 0 Å². The predicted octanol–water partition coefficient (Wildman–Crippen LogP) is 1.62. The number of nitrogens with zero attached hydrogens (tertiary/aromatic N) is 1. The number of carboxylic acids is 1. The first-order valence-corrected chi connectivity index (χ1v) is 7.81. The molecule has 114 valence electrons. The molecule has 0 bridgehead atoms. The van der Waals surface area contributed by atoms with Crippen molar-refractivity contribution in [3.8, 4) is 0 Å². The normalized spacial score (nSPS) is 27.2. The quantitative estimate of drug-likeness (QED) is 0.744. The number of aliphatic carboxylic acids is 1. The highest BCUT2D eigenvalue weighted by atomic mass is 16.4. The summed E-state index contributed by atoms with van der Waals surface area (Å²) in [6, 6.07) is 0.405. The number of carbonyl (C=O) groups excluding carboxylic acids is 1. The molecule has 0 aromatic heterocycles. The van der Waals surface area contributed by atoms with E-state index in [0.717, 1.165) is 45.1 Å². The van der Waals surface area contributed by atoms with Gasteiger partial charge >= 0.3 is 5.97 Å². The Hall–Kier alpha value is -1.10. The molecule has 2 fully saturated rings. The summed E-state index contributed by atoms with van der Waals surface area (Å²) in [6.45, 7) is 4.21. The molecule has 1 heterocycles. The van der Waals surface area contributed by atoms with Crippen LogP contribution in [0, 0.1) is 5.41 Å². The van der Waals surface area contributed by atoms with Gasteiger partial charge in [0.15, 0.2) is 0 Å². The van der Waals surface area contributed by atoms with E-state index in [0.29, 0.717) is 25.6 Å². The average molecular weight is 282 g/mol. The van der Waals surface area contributed by atoms with Crippen LogP contribution in [0.3, 0.4) is 0 Å². The van der Waals surface area contributed by atoms with Gasteiger partial charge in [0, 0.05) is 25.6 Å². The third kappa shape index (κ3) is 3.95. The maximum Gasteiger partial charge on any atom is 0.310 e. The fourth-order valence-corrected chi connectivity index (χ4v) is 3.17. The van der Waals surface area contributed by atoms with Crippen molar-refractivity contribution < 1.29 is 14.7 Å². The Labute approximate surface area is 120 Å². The molecule has 2 N–H and O–H groups in total. The van der Waals surface area contributed by atoms with Crippen molar-refractivity contribution in [1.82, 2.24) is 10.2 Å². The molecule has 1 atom stereocenters. The number of hydrogen-bond donors (Lipinski definition) is 2. The largest absolute Gasteiger partial charge is 0.481 e. The summed E-state index contributed by atoms with van der Waals surface area (Å²) in [5, 5.41) is 12.5. The van der Waals surface area contributed by atoms with E-state index in [9.17, 15) is 14.7 Å². The lowest BCUT2D eigenvalue weighted by Crippen LogP contribution is -2.48. The van der Waals surface area contributed by atoms with Crippen molar-refractivity contribution in [2.24, 2.45) is 5.41 Å². The maximum absolute atomic E-state index is 11.7. The molecule has 5 nitrogen and oxygen atoms in total. The standard InChI is InChI=1S/C15H26N2O3/c1-2-7-15(14(19)20)8-3-9-17(11-15)10-6-13(18)16-12-4-5-12/h12H,2-11H2,1H3,(H,16,18)(H,19,20). The molecule has 2 rings (SSSR count). The van der Waals surface area contributed by atoms with Gasteiger partial charge in [-0.1, -0.05) is 13.3 Å². The highest BCUT2D eigenvalue weighted by Crippen LogP contribution is 2.35. The molecular formula is C15H26N2O3. The molecule has 1 unspecified atom stereocenters. The molecule has 1 amide bonds. The van der Waals surface area contributed by atoms with Gasteiger partial charge in [-0.3, -0.25) is 9.59 Å². The first-order valence-electron chi connectivity index (χ1n) is 7.81. The second-order valence-electron chi connectivity index (χ2n) is 6.31. The third-order valence-electron chi connectivity index (χ3n) is 4.44. The van der Waals surface area contributed by atoms with Crippen LogP contribution >= 0.6 is 0 Å². The summed E-state index contributed by atoms with van der Waals surface area (Å²) >= 11 is 0. The maximum atomic E-state index is 11.7. The van der Waals surface area contributed by atoms with E-state index >= 15 is 0 Å². The Morgan fingerprint density at radius 2 is 2.15 bits per heavy atom. The molecule has 0 aromatic rings. The van der Waals surface area contributed by atoms with Crippen LogP contribution in [-0.4, -0.2) is 47.6 Å². The molecule has 0 aromatic carbocycles. The second-order valence-corrected chi connectivity index (χ2v) is 6.31. The monoisotopic (exact) mass is 282 g/mol. The Bertz CT molecular complexity index is 364. The first kappa shape index (κ1) is 15.3. The highest BCUT2D eigenvalue weighted by Gasteiger charge is 2.41. The predicted molar refractivity (Wildman–Crippen MR) is 76.4 cm³/mol. The van der Waals surface area contributed by atoms with Gasteiger partial charge in [0.2, 0.25) is 5.91 Å². The molecule has 0 radical (unpaired) electrons. The van der Waals surface area contributed by atoms with Gasteiger partial charge in [0.05, 0.1) is 5.41 Å². The number of piperidine rings is 1. The van der Waals surface area contributed by atoms with E-state index in [4.69, 9.17) is 0 Å². The summed E-state index contributed by atoms with van der Waals surface area (Å²) in [6.07, 6.45) is 5.99. The second kappa shape index (κ2) is 6.57. The lowest BCUT2D eigenvalue weighted by molar-refractivity contribution is -0.153. The summed E-state index contributed by atoms with van der Waals surface area (Å²) in [7, 11) is 0. The van der Waals surface area contributed by atoms with Crippen LogP contribution in [0.5, 0.6) is 0 Å². The Morgan fingerprint density at radius 1 is 1.40 bits per heavy atom. The molecule has 1 saturated heterocycles. The van der Waals surface area contributed by atoms with Gasteiger partial charge in [0.1, 0.15) is 0 Å². The molecule has 20 heavy (non-hydrogen) atoms. The molecule has 5 heteroatoms. The van der Waals surface area contributed by atoms with E-state index in [1.165, 1.54) is 0 Å². The van der Waals surface area contributed by atoms with E-state index in [-0.39, 0.29) is 5.91 Å². The Morgan fingerprint density at radius 3 is 2.75 bits per heavy atom. The molecular weight excluding hydrogens is 256 g/mol. The minimum atomic E-state index is -0.675. The van der Waals surface area contributed by atoms with Crippen molar-refractivity contribution in [3.05, 3.63) is 0 Å².